The topological polar surface area (TPSA) is 39.7 Å². The number of nitrogens with zero attached hydrogens (tertiary/aromatic N) is 4. The molecule has 4 rings (SSSR count). The third-order valence-electron chi connectivity index (χ3n) is 7.37. The highest BCUT2D eigenvalue weighted by molar-refractivity contribution is 7.11. The molecule has 1 amide bonds. The Hall–Kier alpha value is -0.400. The summed E-state index contributed by atoms with van der Waals surface area (Å²) in [4.78, 5) is 25.8. The maximum absolute atomic E-state index is 12.8. The Balaban J connectivity index is 1.26. The van der Waals surface area contributed by atoms with Crippen molar-refractivity contribution < 1.29 is 4.79 Å². The predicted molar refractivity (Wildman–Crippen MR) is 129 cm³/mol. The molecule has 0 N–H and O–H groups in total. The van der Waals surface area contributed by atoms with Crippen molar-refractivity contribution in [2.45, 2.75) is 81.1 Å². The zero-order valence-corrected chi connectivity index (χ0v) is 21.2. The quantitative estimate of drug-likeness (QED) is 0.513. The van der Waals surface area contributed by atoms with Gasteiger partial charge in [-0.25, -0.2) is 4.98 Å². The van der Waals surface area contributed by atoms with E-state index in [0.29, 0.717) is 12.5 Å². The second kappa shape index (κ2) is 10.7. The van der Waals surface area contributed by atoms with Gasteiger partial charge >= 0.3 is 0 Å². The Labute approximate surface area is 201 Å². The van der Waals surface area contributed by atoms with Crippen LogP contribution in [0.2, 0.25) is 0 Å². The molecule has 1 aliphatic heterocycles. The van der Waals surface area contributed by atoms with Gasteiger partial charge in [0.25, 0.3) is 0 Å². The summed E-state index contributed by atoms with van der Waals surface area (Å²) in [5.41, 5.74) is 1.23. The van der Waals surface area contributed by atoms with Gasteiger partial charge in [0, 0.05) is 61.9 Å². The number of rotatable bonds is 8. The van der Waals surface area contributed by atoms with E-state index in [1.807, 2.05) is 23.3 Å². The maximum Gasteiger partial charge on any atom is 0.236 e. The molecular formula is C23H36Cl2N4OS. The second-order valence-corrected chi connectivity index (χ2v) is 11.7. The number of hydrogen-bond donors (Lipinski definition) is 0. The summed E-state index contributed by atoms with van der Waals surface area (Å²) in [6.45, 7) is 7.35. The van der Waals surface area contributed by atoms with Crippen molar-refractivity contribution in [3.63, 3.8) is 0 Å². The first-order chi connectivity index (χ1) is 14.9. The molecule has 0 spiro atoms. The molecule has 0 bridgehead atoms. The number of amides is 1. The number of likely N-dealkylation sites (N-methyl/N-ethyl adjacent to an activating group) is 2. The predicted octanol–water partition coefficient (Wildman–Crippen LogP) is 4.32. The van der Waals surface area contributed by atoms with Crippen molar-refractivity contribution >= 4 is 40.4 Å². The number of carbonyl (C=O) groups excluding carboxylic acids is 1. The molecule has 3 atom stereocenters. The van der Waals surface area contributed by atoms with E-state index in [-0.39, 0.29) is 16.7 Å². The molecule has 8 heteroatoms. The molecule has 1 aromatic rings. The number of aromatic nitrogens is 1. The van der Waals surface area contributed by atoms with Gasteiger partial charge in [0.1, 0.15) is 0 Å². The van der Waals surface area contributed by atoms with Gasteiger partial charge in [0.05, 0.1) is 22.6 Å². The molecule has 0 radical (unpaired) electrons. The lowest BCUT2D eigenvalue weighted by atomic mass is 9.89. The van der Waals surface area contributed by atoms with Gasteiger partial charge in [-0.05, 0) is 38.6 Å². The van der Waals surface area contributed by atoms with Crippen LogP contribution in [0.3, 0.4) is 0 Å². The zero-order chi connectivity index (χ0) is 22.0. The summed E-state index contributed by atoms with van der Waals surface area (Å²) in [6.07, 6.45) is 7.88. The smallest absolute Gasteiger partial charge is 0.236 e. The van der Waals surface area contributed by atoms with Crippen LogP contribution in [0.15, 0.2) is 0 Å². The van der Waals surface area contributed by atoms with E-state index in [2.05, 4.69) is 16.7 Å². The van der Waals surface area contributed by atoms with Gasteiger partial charge in [-0.2, -0.15) is 0 Å². The van der Waals surface area contributed by atoms with E-state index >= 15 is 0 Å². The molecule has 2 saturated carbocycles. The van der Waals surface area contributed by atoms with Gasteiger partial charge in [0.15, 0.2) is 0 Å². The summed E-state index contributed by atoms with van der Waals surface area (Å²) in [7, 11) is 1.95. The van der Waals surface area contributed by atoms with E-state index in [9.17, 15) is 4.79 Å². The van der Waals surface area contributed by atoms with Crippen molar-refractivity contribution in [3.8, 4) is 0 Å². The largest absolute Gasteiger partial charge is 0.343 e. The third kappa shape index (κ3) is 5.75. The number of halogens is 2. The molecule has 0 aromatic carbocycles. The van der Waals surface area contributed by atoms with Crippen molar-refractivity contribution in [2.24, 2.45) is 0 Å². The summed E-state index contributed by atoms with van der Waals surface area (Å²) < 4.78 is 0. The first-order valence-electron chi connectivity index (χ1n) is 11.9. The number of fused-ring (bicyclic) bond motifs is 1. The third-order valence-corrected chi connectivity index (χ3v) is 9.75. The van der Waals surface area contributed by atoms with Crippen LogP contribution in [0.5, 0.6) is 0 Å². The summed E-state index contributed by atoms with van der Waals surface area (Å²) in [6, 6.07) is 0.739. The Morgan fingerprint density at radius 2 is 2.00 bits per heavy atom. The fraction of sp³-hybridized carbons (Fsp3) is 0.826. The van der Waals surface area contributed by atoms with Crippen molar-refractivity contribution in [2.75, 3.05) is 39.8 Å². The van der Waals surface area contributed by atoms with Crippen LogP contribution in [0, 0.1) is 0 Å². The number of alkyl halides is 2. The molecule has 5 nitrogen and oxygen atoms in total. The van der Waals surface area contributed by atoms with Gasteiger partial charge < -0.3 is 4.90 Å². The van der Waals surface area contributed by atoms with Crippen molar-refractivity contribution in [1.29, 1.82) is 0 Å². The molecule has 2 fully saturated rings. The fourth-order valence-electron chi connectivity index (χ4n) is 4.95. The molecule has 0 saturated heterocycles. The minimum absolute atomic E-state index is 0.0407. The van der Waals surface area contributed by atoms with Crippen molar-refractivity contribution in [3.05, 3.63) is 15.6 Å². The SMILES string of the molecule is CCN(CCN(C)C(=O)CN1CCc2nc(C3CC[C@H](Cl)C(Cl)C3)sc2C1)C1CCC1. The lowest BCUT2D eigenvalue weighted by molar-refractivity contribution is -0.131. The van der Waals surface area contributed by atoms with E-state index < -0.39 is 0 Å². The first kappa shape index (κ1) is 23.7. The van der Waals surface area contributed by atoms with Crippen LogP contribution in [0.1, 0.15) is 66.9 Å². The monoisotopic (exact) mass is 486 g/mol. The highest BCUT2D eigenvalue weighted by Gasteiger charge is 2.32. The Bertz CT molecular complexity index is 756. The van der Waals surface area contributed by atoms with Crippen LogP contribution in [0.4, 0.5) is 0 Å². The van der Waals surface area contributed by atoms with Gasteiger partial charge in [-0.3, -0.25) is 14.6 Å². The van der Waals surface area contributed by atoms with E-state index in [1.165, 1.54) is 34.8 Å². The Kier molecular flexibility index (Phi) is 8.19. The minimum atomic E-state index is 0.0407. The lowest BCUT2D eigenvalue weighted by Crippen LogP contribution is -2.46. The molecule has 2 aliphatic carbocycles. The van der Waals surface area contributed by atoms with E-state index in [4.69, 9.17) is 28.2 Å². The Morgan fingerprint density at radius 3 is 2.68 bits per heavy atom. The van der Waals surface area contributed by atoms with Crippen LogP contribution in [0.25, 0.3) is 0 Å². The summed E-state index contributed by atoms with van der Waals surface area (Å²) in [5.74, 6) is 0.662. The van der Waals surface area contributed by atoms with Gasteiger partial charge in [0.2, 0.25) is 5.91 Å². The number of carbonyl (C=O) groups is 1. The fourth-order valence-corrected chi connectivity index (χ4v) is 6.82. The lowest BCUT2D eigenvalue weighted by Gasteiger charge is -2.37. The van der Waals surface area contributed by atoms with Crippen LogP contribution in [-0.2, 0) is 17.8 Å². The maximum atomic E-state index is 12.8. The normalized spacial score (nSPS) is 27.2. The van der Waals surface area contributed by atoms with Gasteiger partial charge in [-0.1, -0.05) is 13.3 Å². The van der Waals surface area contributed by atoms with E-state index in [0.717, 1.165) is 64.4 Å². The molecule has 2 unspecified atom stereocenters. The molecule has 3 aliphatic rings. The number of thiazole rings is 1. The van der Waals surface area contributed by atoms with Crippen LogP contribution < -0.4 is 0 Å². The average Bonchev–Trinajstić information content (AvgIpc) is 3.14. The van der Waals surface area contributed by atoms with E-state index in [1.54, 1.807) is 0 Å². The van der Waals surface area contributed by atoms with Crippen molar-refractivity contribution in [1.82, 2.24) is 19.7 Å². The second-order valence-electron chi connectivity index (χ2n) is 9.45. The molecule has 174 valence electrons. The van der Waals surface area contributed by atoms with Crippen LogP contribution in [-0.4, -0.2) is 82.2 Å². The highest BCUT2D eigenvalue weighted by atomic mass is 35.5. The Morgan fingerprint density at radius 1 is 1.19 bits per heavy atom. The zero-order valence-electron chi connectivity index (χ0n) is 18.9. The summed E-state index contributed by atoms with van der Waals surface area (Å²) in [5, 5.41) is 1.35. The standard InChI is InChI=1S/C23H36Cl2N4OS/c1-3-29(17-5-4-6-17)12-11-27(2)22(30)15-28-10-9-20-21(14-28)31-23(26-20)16-7-8-18(24)19(25)13-16/h16-19H,3-15H2,1-2H3/t16?,18-,19?/m0/s1. The molecule has 1 aromatic heterocycles. The first-order valence-corrected chi connectivity index (χ1v) is 13.6. The molecule has 2 heterocycles. The highest BCUT2D eigenvalue weighted by Crippen LogP contribution is 2.40. The van der Waals surface area contributed by atoms with Gasteiger partial charge in [-0.15, -0.1) is 34.5 Å². The number of hydrogen-bond acceptors (Lipinski definition) is 5. The van der Waals surface area contributed by atoms with Crippen LogP contribution >= 0.6 is 34.5 Å². The molecular weight excluding hydrogens is 451 g/mol. The summed E-state index contributed by atoms with van der Waals surface area (Å²) >= 11 is 14.5. The minimum Gasteiger partial charge on any atom is -0.343 e. The average molecular weight is 488 g/mol. The molecule has 31 heavy (non-hydrogen) atoms.